The summed E-state index contributed by atoms with van der Waals surface area (Å²) < 4.78 is 19.7. The summed E-state index contributed by atoms with van der Waals surface area (Å²) >= 11 is 13.5. The second-order valence-electron chi connectivity index (χ2n) is 6.37. The minimum atomic E-state index is -1.24. The van der Waals surface area contributed by atoms with Crippen LogP contribution < -0.4 is 9.22 Å². The van der Waals surface area contributed by atoms with E-state index in [-0.39, 0.29) is 16.5 Å². The average molecular weight is 442 g/mol. The van der Waals surface area contributed by atoms with Crippen LogP contribution in [0, 0.1) is 5.82 Å². The second kappa shape index (κ2) is 6.66. The van der Waals surface area contributed by atoms with E-state index in [0.717, 1.165) is 0 Å². The highest BCUT2D eigenvalue weighted by Gasteiger charge is 2.52. The number of nitrogens with zero attached hydrogens (tertiary/aromatic N) is 2. The van der Waals surface area contributed by atoms with Crippen LogP contribution in [0.15, 0.2) is 30.3 Å². The molecule has 0 saturated heterocycles. The highest BCUT2D eigenvalue weighted by molar-refractivity contribution is 7.22. The fraction of sp³-hybridized carbons (Fsp3) is 0.167. The SMILES string of the molecule is C[N+]1(c2nc3c(Cl)c(Cl)ccc3s2)C(=O)C(CC(=O)O)Oc2ccc(F)cc21. The lowest BCUT2D eigenvalue weighted by Crippen LogP contribution is -2.56. The Morgan fingerprint density at radius 3 is 2.82 bits per heavy atom. The maximum absolute atomic E-state index is 14.0. The van der Waals surface area contributed by atoms with Crippen molar-refractivity contribution in [3.05, 3.63) is 46.2 Å². The molecule has 1 N–H and O–H groups in total. The number of quaternary nitrogens is 1. The van der Waals surface area contributed by atoms with Gasteiger partial charge in [0.25, 0.3) is 5.13 Å². The highest BCUT2D eigenvalue weighted by atomic mass is 35.5. The molecule has 2 atom stereocenters. The molecule has 0 radical (unpaired) electrons. The maximum atomic E-state index is 14.0. The Bertz CT molecular complexity index is 1150. The standard InChI is InChI=1S/C18H11Cl2FN2O4S/c1-23(18-22-16-13(28-18)5-3-9(19)15(16)20)10-6-8(21)2-4-11(10)27-12(17(23)26)7-14(24)25/h2-6,12H,7H2,1H3/p+1. The molecule has 0 saturated carbocycles. The van der Waals surface area contributed by atoms with Crippen LogP contribution in [-0.2, 0) is 9.59 Å². The van der Waals surface area contributed by atoms with Gasteiger partial charge in [-0.3, -0.25) is 4.79 Å². The van der Waals surface area contributed by atoms with Gasteiger partial charge in [0.15, 0.2) is 11.4 Å². The molecule has 2 heterocycles. The summed E-state index contributed by atoms with van der Waals surface area (Å²) in [5.74, 6) is -2.09. The van der Waals surface area contributed by atoms with Gasteiger partial charge in [-0.2, -0.15) is 9.47 Å². The van der Waals surface area contributed by atoms with E-state index in [2.05, 4.69) is 4.98 Å². The molecule has 3 aromatic rings. The van der Waals surface area contributed by atoms with Gasteiger partial charge in [0.05, 0.1) is 28.2 Å². The predicted octanol–water partition coefficient (Wildman–Crippen LogP) is 4.77. The van der Waals surface area contributed by atoms with E-state index in [1.54, 1.807) is 12.1 Å². The number of hydrogen-bond donors (Lipinski definition) is 1. The van der Waals surface area contributed by atoms with Crippen molar-refractivity contribution in [2.24, 2.45) is 0 Å². The maximum Gasteiger partial charge on any atom is 0.367 e. The Balaban J connectivity index is 1.97. The zero-order valence-electron chi connectivity index (χ0n) is 14.3. The normalized spacial score (nSPS) is 21.4. The number of carboxylic acid groups (broad SMARTS) is 1. The Morgan fingerprint density at radius 1 is 1.36 bits per heavy atom. The fourth-order valence-electron chi connectivity index (χ4n) is 3.15. The summed E-state index contributed by atoms with van der Waals surface area (Å²) in [6.07, 6.45) is -1.77. The number of thiazole rings is 1. The van der Waals surface area contributed by atoms with Crippen molar-refractivity contribution >= 4 is 67.5 Å². The van der Waals surface area contributed by atoms with E-state index in [1.807, 2.05) is 0 Å². The molecule has 4 rings (SSSR count). The van der Waals surface area contributed by atoms with E-state index in [4.69, 9.17) is 33.0 Å². The number of carboxylic acids is 1. The number of halogens is 3. The van der Waals surface area contributed by atoms with Gasteiger partial charge in [0, 0.05) is 6.07 Å². The van der Waals surface area contributed by atoms with Crippen molar-refractivity contribution in [1.82, 2.24) is 9.47 Å². The van der Waals surface area contributed by atoms with Crippen LogP contribution in [0.5, 0.6) is 5.75 Å². The van der Waals surface area contributed by atoms with Gasteiger partial charge in [-0.15, -0.1) is 0 Å². The number of carbonyl (C=O) groups is 2. The lowest BCUT2D eigenvalue weighted by molar-refractivity contribution is -0.146. The van der Waals surface area contributed by atoms with Gasteiger partial charge in [0.2, 0.25) is 6.10 Å². The van der Waals surface area contributed by atoms with Crippen LogP contribution in [0.2, 0.25) is 10.0 Å². The molecule has 144 valence electrons. The number of ether oxygens (including phenoxy) is 1. The third kappa shape index (κ3) is 2.84. The van der Waals surface area contributed by atoms with E-state index in [9.17, 15) is 14.0 Å². The highest BCUT2D eigenvalue weighted by Crippen LogP contribution is 2.48. The number of amides is 1. The number of rotatable bonds is 3. The fourth-order valence-corrected chi connectivity index (χ4v) is 4.65. The molecule has 0 spiro atoms. The second-order valence-corrected chi connectivity index (χ2v) is 8.16. The van der Waals surface area contributed by atoms with Crippen LogP contribution in [0.1, 0.15) is 6.42 Å². The van der Waals surface area contributed by atoms with Crippen molar-refractivity contribution in [3.63, 3.8) is 0 Å². The molecule has 0 aliphatic carbocycles. The van der Waals surface area contributed by atoms with Crippen molar-refractivity contribution < 1.29 is 23.8 Å². The molecule has 28 heavy (non-hydrogen) atoms. The molecule has 1 aromatic heterocycles. The van der Waals surface area contributed by atoms with E-state index >= 15 is 0 Å². The summed E-state index contributed by atoms with van der Waals surface area (Å²) in [7, 11) is 1.53. The smallest absolute Gasteiger partial charge is 0.367 e. The number of aromatic nitrogens is 1. The van der Waals surface area contributed by atoms with Gasteiger partial charge in [0.1, 0.15) is 11.3 Å². The third-order valence-corrected chi connectivity index (χ3v) is 6.55. The lowest BCUT2D eigenvalue weighted by Gasteiger charge is -2.36. The Morgan fingerprint density at radius 2 is 2.11 bits per heavy atom. The first-order chi connectivity index (χ1) is 13.2. The molecule has 2 unspecified atom stereocenters. The predicted molar refractivity (Wildman–Crippen MR) is 105 cm³/mol. The van der Waals surface area contributed by atoms with Gasteiger partial charge < -0.3 is 9.84 Å². The number of likely N-dealkylation sites (N-methyl/N-ethyl adjacent to an activating group) is 1. The Labute approximate surface area is 172 Å². The monoisotopic (exact) mass is 441 g/mol. The van der Waals surface area contributed by atoms with E-state index in [0.29, 0.717) is 20.4 Å². The first-order valence-corrected chi connectivity index (χ1v) is 9.63. The van der Waals surface area contributed by atoms with Crippen LogP contribution in [0.25, 0.3) is 10.2 Å². The largest absolute Gasteiger partial charge is 0.481 e. The van der Waals surface area contributed by atoms with Crippen LogP contribution in [0.3, 0.4) is 0 Å². The minimum absolute atomic E-state index is 0.220. The molecule has 6 nitrogen and oxygen atoms in total. The van der Waals surface area contributed by atoms with Crippen LogP contribution >= 0.6 is 34.5 Å². The molecular weight excluding hydrogens is 430 g/mol. The van der Waals surface area contributed by atoms with Gasteiger partial charge >= 0.3 is 11.9 Å². The molecule has 2 aromatic carbocycles. The molecule has 10 heteroatoms. The third-order valence-electron chi connectivity index (χ3n) is 4.57. The molecule has 1 aliphatic heterocycles. The zero-order valence-corrected chi connectivity index (χ0v) is 16.6. The number of carbonyl (C=O) groups excluding carboxylic acids is 1. The average Bonchev–Trinajstić information content (AvgIpc) is 3.08. The quantitative estimate of drug-likeness (QED) is 0.592. The number of aliphatic carboxylic acids is 1. The topological polar surface area (TPSA) is 76.5 Å². The van der Waals surface area contributed by atoms with Gasteiger partial charge in [-0.1, -0.05) is 34.5 Å². The van der Waals surface area contributed by atoms with E-state index < -0.39 is 34.7 Å². The number of benzene rings is 2. The Hall–Kier alpha value is -2.26. The summed E-state index contributed by atoms with van der Waals surface area (Å²) in [6.45, 7) is 0. The lowest BCUT2D eigenvalue weighted by atomic mass is 10.1. The Kier molecular flexibility index (Phi) is 4.54. The van der Waals surface area contributed by atoms with Gasteiger partial charge in [-0.25, -0.2) is 9.18 Å². The van der Waals surface area contributed by atoms with Gasteiger partial charge in [-0.05, 0) is 24.3 Å². The summed E-state index contributed by atoms with van der Waals surface area (Å²) in [6, 6.07) is 7.09. The van der Waals surface area contributed by atoms with Crippen molar-refractivity contribution in [1.29, 1.82) is 0 Å². The molecule has 0 bridgehead atoms. The minimum Gasteiger partial charge on any atom is -0.481 e. The number of fused-ring (bicyclic) bond motifs is 2. The van der Waals surface area contributed by atoms with E-state index in [1.165, 1.54) is 36.6 Å². The summed E-state index contributed by atoms with van der Waals surface area (Å²) in [5, 5.41) is 10.0. The number of hydrogen-bond acceptors (Lipinski definition) is 5. The van der Waals surface area contributed by atoms with Crippen LogP contribution in [-0.4, -0.2) is 35.1 Å². The van der Waals surface area contributed by atoms with Crippen molar-refractivity contribution in [2.75, 3.05) is 7.05 Å². The first-order valence-electron chi connectivity index (χ1n) is 8.06. The molecule has 1 amide bonds. The molecule has 1 aliphatic rings. The summed E-state index contributed by atoms with van der Waals surface area (Å²) in [5.41, 5.74) is 0.647. The summed E-state index contributed by atoms with van der Waals surface area (Å²) in [4.78, 5) is 28.9. The van der Waals surface area contributed by atoms with Crippen LogP contribution in [0.4, 0.5) is 15.2 Å². The molecular formula is C18H12Cl2FN2O4S+. The first kappa shape index (κ1) is 19.1. The van der Waals surface area contributed by atoms with Crippen molar-refractivity contribution in [2.45, 2.75) is 12.5 Å². The zero-order chi connectivity index (χ0) is 20.2. The van der Waals surface area contributed by atoms with Crippen molar-refractivity contribution in [3.8, 4) is 5.75 Å². The molecule has 0 fully saturated rings.